The van der Waals surface area contributed by atoms with Crippen molar-refractivity contribution in [2.45, 2.75) is 51.4 Å². The zero-order valence-electron chi connectivity index (χ0n) is 14.7. The lowest BCUT2D eigenvalue weighted by molar-refractivity contribution is -0.357. The monoisotopic (exact) mass is 348 g/mol. The van der Waals surface area contributed by atoms with Crippen LogP contribution in [0, 0.1) is 0 Å². The third-order valence-electron chi connectivity index (χ3n) is 3.14. The van der Waals surface area contributed by atoms with Gasteiger partial charge in [0.15, 0.2) is 0 Å². The minimum atomic E-state index is -2.13. The van der Waals surface area contributed by atoms with Crippen LogP contribution in [0.15, 0.2) is 12.7 Å². The van der Waals surface area contributed by atoms with E-state index in [-0.39, 0.29) is 39.6 Å². The molecule has 0 heterocycles. The first-order valence-electron chi connectivity index (χ1n) is 8.56. The molecular weight excluding hydrogens is 316 g/mol. The highest BCUT2D eigenvalue weighted by Crippen LogP contribution is 2.13. The standard InChI is InChI=1S/C17H32O7/c1-3-5-6-7-8-9-11-23-17(20,24-16(19)4-2)15-22-14-13-21-12-10-18/h4,18,20H,2-3,5-15H2,1H3. The van der Waals surface area contributed by atoms with E-state index in [0.717, 1.165) is 25.3 Å². The Kier molecular flexibility index (Phi) is 14.9. The van der Waals surface area contributed by atoms with Gasteiger partial charge >= 0.3 is 11.9 Å². The maximum absolute atomic E-state index is 11.3. The normalized spacial score (nSPS) is 13.5. The molecule has 24 heavy (non-hydrogen) atoms. The molecule has 7 nitrogen and oxygen atoms in total. The summed E-state index contributed by atoms with van der Waals surface area (Å²) in [5, 5.41) is 18.8. The Morgan fingerprint density at radius 3 is 2.38 bits per heavy atom. The summed E-state index contributed by atoms with van der Waals surface area (Å²) in [5.74, 6) is -2.92. The van der Waals surface area contributed by atoms with Crippen molar-refractivity contribution in [2.75, 3.05) is 39.6 Å². The topological polar surface area (TPSA) is 94.5 Å². The highest BCUT2D eigenvalue weighted by Gasteiger charge is 2.32. The van der Waals surface area contributed by atoms with Crippen molar-refractivity contribution in [1.82, 2.24) is 0 Å². The summed E-state index contributed by atoms with van der Waals surface area (Å²) in [6.07, 6.45) is 7.40. The summed E-state index contributed by atoms with van der Waals surface area (Å²) in [6.45, 7) is 5.96. The largest absolute Gasteiger partial charge is 0.403 e. The molecule has 0 spiro atoms. The van der Waals surface area contributed by atoms with Gasteiger partial charge in [0, 0.05) is 6.08 Å². The highest BCUT2D eigenvalue weighted by atomic mass is 16.8. The summed E-state index contributed by atoms with van der Waals surface area (Å²) < 4.78 is 20.4. The molecule has 0 radical (unpaired) electrons. The molecule has 142 valence electrons. The SMILES string of the molecule is C=CC(=O)OC(O)(COCCOCCO)OCCCCCCCC. The molecule has 0 saturated carbocycles. The molecule has 1 atom stereocenters. The molecule has 0 amide bonds. The Balaban J connectivity index is 4.05. The molecule has 0 aliphatic rings. The van der Waals surface area contributed by atoms with Gasteiger partial charge in [-0.05, 0) is 6.42 Å². The van der Waals surface area contributed by atoms with Crippen molar-refractivity contribution in [2.24, 2.45) is 0 Å². The molecule has 0 rings (SSSR count). The quantitative estimate of drug-likeness (QED) is 0.179. The van der Waals surface area contributed by atoms with Crippen molar-refractivity contribution < 1.29 is 34.0 Å². The summed E-state index contributed by atoms with van der Waals surface area (Å²) in [4.78, 5) is 11.3. The second-order valence-corrected chi connectivity index (χ2v) is 5.34. The van der Waals surface area contributed by atoms with Gasteiger partial charge in [-0.25, -0.2) is 4.79 Å². The van der Waals surface area contributed by atoms with Crippen molar-refractivity contribution in [3.63, 3.8) is 0 Å². The number of aliphatic hydroxyl groups excluding tert-OH is 1. The smallest absolute Gasteiger partial charge is 0.351 e. The minimum absolute atomic E-state index is 0.0672. The van der Waals surface area contributed by atoms with E-state index in [2.05, 4.69) is 13.5 Å². The van der Waals surface area contributed by atoms with Crippen LogP contribution in [-0.2, 0) is 23.7 Å². The number of ether oxygens (including phenoxy) is 4. The first-order valence-corrected chi connectivity index (χ1v) is 8.56. The van der Waals surface area contributed by atoms with Crippen LogP contribution in [0.2, 0.25) is 0 Å². The molecular formula is C17H32O7. The maximum atomic E-state index is 11.3. The highest BCUT2D eigenvalue weighted by molar-refractivity contribution is 5.81. The van der Waals surface area contributed by atoms with E-state index < -0.39 is 11.9 Å². The van der Waals surface area contributed by atoms with E-state index in [0.29, 0.717) is 0 Å². The second kappa shape index (κ2) is 15.5. The zero-order valence-corrected chi connectivity index (χ0v) is 14.7. The van der Waals surface area contributed by atoms with Gasteiger partial charge in [-0.3, -0.25) is 0 Å². The lowest BCUT2D eigenvalue weighted by Gasteiger charge is -2.26. The van der Waals surface area contributed by atoms with E-state index in [9.17, 15) is 9.90 Å². The fourth-order valence-electron chi connectivity index (χ4n) is 1.90. The second-order valence-electron chi connectivity index (χ2n) is 5.34. The van der Waals surface area contributed by atoms with Gasteiger partial charge in [0.1, 0.15) is 6.61 Å². The fraction of sp³-hybridized carbons (Fsp3) is 0.824. The average molecular weight is 348 g/mol. The van der Waals surface area contributed by atoms with Gasteiger partial charge in [-0.1, -0.05) is 45.6 Å². The van der Waals surface area contributed by atoms with Gasteiger partial charge in [0.05, 0.1) is 33.0 Å². The van der Waals surface area contributed by atoms with E-state index in [1.807, 2.05) is 0 Å². The molecule has 1 unspecified atom stereocenters. The van der Waals surface area contributed by atoms with E-state index in [1.165, 1.54) is 19.3 Å². The Hall–Kier alpha value is -0.990. The lowest BCUT2D eigenvalue weighted by atomic mass is 10.1. The fourth-order valence-corrected chi connectivity index (χ4v) is 1.90. The van der Waals surface area contributed by atoms with Crippen LogP contribution in [0.1, 0.15) is 45.4 Å². The third kappa shape index (κ3) is 13.4. The van der Waals surface area contributed by atoms with E-state index in [1.54, 1.807) is 0 Å². The molecule has 7 heteroatoms. The Morgan fingerprint density at radius 1 is 1.04 bits per heavy atom. The average Bonchev–Trinajstić information content (AvgIpc) is 2.57. The summed E-state index contributed by atoms with van der Waals surface area (Å²) in [6, 6.07) is 0. The van der Waals surface area contributed by atoms with E-state index >= 15 is 0 Å². The van der Waals surface area contributed by atoms with Gasteiger partial charge < -0.3 is 29.2 Å². The van der Waals surface area contributed by atoms with Gasteiger partial charge in [-0.2, -0.15) is 0 Å². The molecule has 0 aromatic rings. The number of hydrogen-bond acceptors (Lipinski definition) is 7. The molecule has 0 aliphatic carbocycles. The number of esters is 1. The lowest BCUT2D eigenvalue weighted by Crippen LogP contribution is -2.43. The summed E-state index contributed by atoms with van der Waals surface area (Å²) in [7, 11) is 0. The Labute approximate surface area is 144 Å². The first-order chi connectivity index (χ1) is 11.6. The first kappa shape index (κ1) is 23.0. The van der Waals surface area contributed by atoms with Crippen molar-refractivity contribution in [1.29, 1.82) is 0 Å². The number of rotatable bonds is 17. The van der Waals surface area contributed by atoms with Crippen LogP contribution in [0.4, 0.5) is 0 Å². The van der Waals surface area contributed by atoms with Crippen LogP contribution < -0.4 is 0 Å². The predicted molar refractivity (Wildman–Crippen MR) is 89.3 cm³/mol. The molecule has 0 saturated heterocycles. The van der Waals surface area contributed by atoms with Crippen molar-refractivity contribution in [3.05, 3.63) is 12.7 Å². The third-order valence-corrected chi connectivity index (χ3v) is 3.14. The van der Waals surface area contributed by atoms with Crippen LogP contribution in [-0.4, -0.2) is 61.8 Å². The maximum Gasteiger partial charge on any atom is 0.351 e. The molecule has 0 fully saturated rings. The molecule has 2 N–H and O–H groups in total. The number of hydrogen-bond donors (Lipinski definition) is 2. The van der Waals surface area contributed by atoms with Crippen molar-refractivity contribution >= 4 is 5.97 Å². The summed E-state index contributed by atoms with van der Waals surface area (Å²) >= 11 is 0. The van der Waals surface area contributed by atoms with Crippen molar-refractivity contribution in [3.8, 4) is 0 Å². The predicted octanol–water partition coefficient (Wildman–Crippen LogP) is 1.76. The number of aliphatic hydroxyl groups is 2. The van der Waals surface area contributed by atoms with Crippen LogP contribution in [0.5, 0.6) is 0 Å². The Bertz CT molecular complexity index is 322. The van der Waals surface area contributed by atoms with Gasteiger partial charge in [-0.15, -0.1) is 0 Å². The van der Waals surface area contributed by atoms with Crippen LogP contribution in [0.3, 0.4) is 0 Å². The summed E-state index contributed by atoms with van der Waals surface area (Å²) in [5.41, 5.74) is 0. The molecule has 0 aliphatic heterocycles. The van der Waals surface area contributed by atoms with Gasteiger partial charge in [0.25, 0.3) is 0 Å². The molecule has 0 aromatic heterocycles. The number of unbranched alkanes of at least 4 members (excludes halogenated alkanes) is 5. The Morgan fingerprint density at radius 2 is 1.71 bits per heavy atom. The van der Waals surface area contributed by atoms with Crippen LogP contribution in [0.25, 0.3) is 0 Å². The number of carbonyl (C=O) groups excluding carboxylic acids is 1. The van der Waals surface area contributed by atoms with E-state index in [4.69, 9.17) is 24.1 Å². The zero-order chi connectivity index (χ0) is 18.1. The molecule has 0 aromatic carbocycles. The van der Waals surface area contributed by atoms with Gasteiger partial charge in [0.2, 0.25) is 0 Å². The molecule has 0 bridgehead atoms. The number of carbonyl (C=O) groups is 1. The van der Waals surface area contributed by atoms with Crippen LogP contribution >= 0.6 is 0 Å². The minimum Gasteiger partial charge on any atom is -0.403 e.